The third-order valence-electron chi connectivity index (χ3n) is 3.41. The summed E-state index contributed by atoms with van der Waals surface area (Å²) in [5.41, 5.74) is 1.13. The van der Waals surface area contributed by atoms with Gasteiger partial charge >= 0.3 is 0 Å². The van der Waals surface area contributed by atoms with E-state index in [0.717, 1.165) is 12.0 Å². The largest absolute Gasteiger partial charge is 0.395 e. The molecule has 1 aromatic carbocycles. The van der Waals surface area contributed by atoms with E-state index in [4.69, 9.17) is 5.11 Å². The molecule has 0 spiro atoms. The highest BCUT2D eigenvalue weighted by molar-refractivity contribution is 7.89. The van der Waals surface area contributed by atoms with Crippen molar-refractivity contribution in [3.63, 3.8) is 0 Å². The Hall–Kier alpha value is -0.910. The first-order chi connectivity index (χ1) is 8.94. The molecule has 0 fully saturated rings. The average molecular weight is 285 g/mol. The van der Waals surface area contributed by atoms with Gasteiger partial charge in [0.1, 0.15) is 0 Å². The minimum atomic E-state index is -3.54. The van der Waals surface area contributed by atoms with Gasteiger partial charge in [-0.2, -0.15) is 0 Å². The standard InChI is InChI=1S/C14H23NO3S/c1-4-11(3)12-6-8-14(9-7-12)19(17,18)15-13(5-2)10-16/h6-9,11,13,15-16H,4-5,10H2,1-3H3. The van der Waals surface area contributed by atoms with Gasteiger partial charge in [-0.05, 0) is 36.5 Å². The highest BCUT2D eigenvalue weighted by Gasteiger charge is 2.18. The monoisotopic (exact) mass is 285 g/mol. The van der Waals surface area contributed by atoms with Crippen molar-refractivity contribution in [3.8, 4) is 0 Å². The van der Waals surface area contributed by atoms with Crippen LogP contribution in [0.2, 0.25) is 0 Å². The third-order valence-corrected chi connectivity index (χ3v) is 4.94. The summed E-state index contributed by atoms with van der Waals surface area (Å²) in [7, 11) is -3.54. The van der Waals surface area contributed by atoms with Gasteiger partial charge in [-0.3, -0.25) is 0 Å². The summed E-state index contributed by atoms with van der Waals surface area (Å²) in [6.07, 6.45) is 1.58. The first kappa shape index (κ1) is 16.1. The predicted molar refractivity (Wildman–Crippen MR) is 76.6 cm³/mol. The summed E-state index contributed by atoms with van der Waals surface area (Å²) >= 11 is 0. The molecule has 0 aliphatic heterocycles. The fraction of sp³-hybridized carbons (Fsp3) is 0.571. The lowest BCUT2D eigenvalue weighted by Crippen LogP contribution is -2.36. The summed E-state index contributed by atoms with van der Waals surface area (Å²) < 4.78 is 26.7. The molecule has 4 nitrogen and oxygen atoms in total. The molecule has 0 radical (unpaired) electrons. The second-order valence-corrected chi connectivity index (χ2v) is 6.50. The Labute approximate surface area is 115 Å². The normalized spacial score (nSPS) is 15.2. The number of hydrogen-bond acceptors (Lipinski definition) is 3. The van der Waals surface area contributed by atoms with Crippen LogP contribution in [0.1, 0.15) is 45.1 Å². The molecule has 108 valence electrons. The van der Waals surface area contributed by atoms with Crippen molar-refractivity contribution in [2.45, 2.75) is 50.5 Å². The van der Waals surface area contributed by atoms with Crippen LogP contribution in [-0.2, 0) is 10.0 Å². The molecule has 0 bridgehead atoms. The van der Waals surface area contributed by atoms with Gasteiger partial charge in [-0.15, -0.1) is 0 Å². The van der Waals surface area contributed by atoms with Crippen molar-refractivity contribution < 1.29 is 13.5 Å². The number of aliphatic hydroxyl groups excluding tert-OH is 1. The van der Waals surface area contributed by atoms with E-state index in [1.54, 1.807) is 12.1 Å². The number of benzene rings is 1. The highest BCUT2D eigenvalue weighted by Crippen LogP contribution is 2.20. The molecule has 0 amide bonds. The number of nitrogens with one attached hydrogen (secondary N) is 1. The van der Waals surface area contributed by atoms with Crippen LogP contribution in [0, 0.1) is 0 Å². The van der Waals surface area contributed by atoms with Crippen LogP contribution in [0.25, 0.3) is 0 Å². The molecule has 0 aliphatic carbocycles. The Kier molecular flexibility index (Phi) is 5.97. The molecule has 1 rings (SSSR count). The van der Waals surface area contributed by atoms with Crippen LogP contribution in [0.15, 0.2) is 29.2 Å². The lowest BCUT2D eigenvalue weighted by atomic mass is 9.99. The quantitative estimate of drug-likeness (QED) is 0.807. The second kappa shape index (κ2) is 7.03. The van der Waals surface area contributed by atoms with Gasteiger partial charge in [0.2, 0.25) is 10.0 Å². The van der Waals surface area contributed by atoms with E-state index in [2.05, 4.69) is 18.6 Å². The summed E-state index contributed by atoms with van der Waals surface area (Å²) in [5.74, 6) is 0.422. The van der Waals surface area contributed by atoms with E-state index >= 15 is 0 Å². The SMILES string of the molecule is CCC(CO)NS(=O)(=O)c1ccc(C(C)CC)cc1. The van der Waals surface area contributed by atoms with Crippen LogP contribution in [0.5, 0.6) is 0 Å². The first-order valence-electron chi connectivity index (χ1n) is 6.67. The Balaban J connectivity index is 2.90. The van der Waals surface area contributed by atoms with E-state index in [1.807, 2.05) is 19.1 Å². The van der Waals surface area contributed by atoms with Gasteiger partial charge < -0.3 is 5.11 Å². The Morgan fingerprint density at radius 2 is 1.74 bits per heavy atom. The number of rotatable bonds is 7. The van der Waals surface area contributed by atoms with Crippen molar-refractivity contribution in [2.24, 2.45) is 0 Å². The predicted octanol–water partition coefficient (Wildman–Crippen LogP) is 2.25. The lowest BCUT2D eigenvalue weighted by Gasteiger charge is -2.15. The number of aliphatic hydroxyl groups is 1. The Morgan fingerprint density at radius 3 is 2.16 bits per heavy atom. The Bertz CT molecular complexity index is 478. The highest BCUT2D eigenvalue weighted by atomic mass is 32.2. The molecular weight excluding hydrogens is 262 g/mol. The number of hydrogen-bond donors (Lipinski definition) is 2. The molecule has 0 heterocycles. The molecule has 2 unspecified atom stereocenters. The van der Waals surface area contributed by atoms with E-state index in [9.17, 15) is 8.42 Å². The molecule has 2 atom stereocenters. The van der Waals surface area contributed by atoms with Crippen LogP contribution >= 0.6 is 0 Å². The Morgan fingerprint density at radius 1 is 1.16 bits per heavy atom. The number of sulfonamides is 1. The van der Waals surface area contributed by atoms with E-state index in [0.29, 0.717) is 12.3 Å². The van der Waals surface area contributed by atoms with Gasteiger partial charge in [0, 0.05) is 6.04 Å². The van der Waals surface area contributed by atoms with Crippen LogP contribution in [0.3, 0.4) is 0 Å². The van der Waals surface area contributed by atoms with Crippen molar-refractivity contribution in [1.82, 2.24) is 4.72 Å². The lowest BCUT2D eigenvalue weighted by molar-refractivity contribution is 0.254. The van der Waals surface area contributed by atoms with Crippen molar-refractivity contribution in [1.29, 1.82) is 0 Å². The van der Waals surface area contributed by atoms with E-state index in [-0.39, 0.29) is 11.5 Å². The van der Waals surface area contributed by atoms with Crippen LogP contribution in [-0.4, -0.2) is 26.2 Å². The fourth-order valence-electron chi connectivity index (χ4n) is 1.75. The third kappa shape index (κ3) is 4.30. The maximum Gasteiger partial charge on any atom is 0.240 e. The zero-order valence-electron chi connectivity index (χ0n) is 11.8. The zero-order valence-corrected chi connectivity index (χ0v) is 12.6. The molecule has 0 aromatic heterocycles. The fourth-order valence-corrected chi connectivity index (χ4v) is 3.06. The van der Waals surface area contributed by atoms with Crippen LogP contribution in [0.4, 0.5) is 0 Å². The molecule has 2 N–H and O–H groups in total. The molecular formula is C14H23NO3S. The minimum Gasteiger partial charge on any atom is -0.395 e. The zero-order chi connectivity index (χ0) is 14.5. The van der Waals surface area contributed by atoms with Crippen molar-refractivity contribution in [3.05, 3.63) is 29.8 Å². The van der Waals surface area contributed by atoms with E-state index in [1.165, 1.54) is 0 Å². The summed E-state index contributed by atoms with van der Waals surface area (Å²) in [6, 6.07) is 6.51. The van der Waals surface area contributed by atoms with Gasteiger partial charge in [0.05, 0.1) is 11.5 Å². The first-order valence-corrected chi connectivity index (χ1v) is 8.16. The van der Waals surface area contributed by atoms with Gasteiger partial charge in [0.15, 0.2) is 0 Å². The molecule has 0 aliphatic rings. The maximum atomic E-state index is 12.1. The van der Waals surface area contributed by atoms with Crippen molar-refractivity contribution in [2.75, 3.05) is 6.61 Å². The molecule has 19 heavy (non-hydrogen) atoms. The smallest absolute Gasteiger partial charge is 0.240 e. The van der Waals surface area contributed by atoms with Gasteiger partial charge in [0.25, 0.3) is 0 Å². The van der Waals surface area contributed by atoms with Gasteiger partial charge in [-0.25, -0.2) is 13.1 Å². The summed E-state index contributed by atoms with van der Waals surface area (Å²) in [5, 5.41) is 9.06. The molecule has 0 saturated carbocycles. The van der Waals surface area contributed by atoms with Crippen LogP contribution < -0.4 is 4.72 Å². The van der Waals surface area contributed by atoms with Gasteiger partial charge in [-0.1, -0.05) is 32.9 Å². The minimum absolute atomic E-state index is 0.194. The summed E-state index contributed by atoms with van der Waals surface area (Å²) in [6.45, 7) is 5.85. The average Bonchev–Trinajstić information content (AvgIpc) is 2.44. The molecule has 1 aromatic rings. The maximum absolute atomic E-state index is 12.1. The van der Waals surface area contributed by atoms with Crippen molar-refractivity contribution >= 4 is 10.0 Å². The topological polar surface area (TPSA) is 66.4 Å². The summed E-state index contributed by atoms with van der Waals surface area (Å²) in [4.78, 5) is 0.242. The molecule has 5 heteroatoms. The molecule has 0 saturated heterocycles. The van der Waals surface area contributed by atoms with E-state index < -0.39 is 16.1 Å². The second-order valence-electron chi connectivity index (χ2n) is 4.79.